The lowest BCUT2D eigenvalue weighted by atomic mass is 10.0. The molecular weight excluding hydrogens is 398 g/mol. The molecule has 1 N–H and O–H groups in total. The maximum absolute atomic E-state index is 12.4. The second kappa shape index (κ2) is 7.41. The summed E-state index contributed by atoms with van der Waals surface area (Å²) in [6.45, 7) is 1.69. The molecule has 1 amide bonds. The Morgan fingerprint density at radius 3 is 2.65 bits per heavy atom. The van der Waals surface area contributed by atoms with Crippen LogP contribution in [0.3, 0.4) is 0 Å². The number of carbonyl (C=O) groups excluding carboxylic acids is 1. The zero-order valence-electron chi connectivity index (χ0n) is 14.0. The van der Waals surface area contributed by atoms with Crippen molar-refractivity contribution in [2.45, 2.75) is 12.5 Å². The summed E-state index contributed by atoms with van der Waals surface area (Å²) in [6, 6.07) is 11.4. The van der Waals surface area contributed by atoms with E-state index in [0.29, 0.717) is 25.6 Å². The molecule has 5 nitrogen and oxygen atoms in total. The second-order valence-electron chi connectivity index (χ2n) is 6.12. The summed E-state index contributed by atoms with van der Waals surface area (Å²) in [7, 11) is 0. The molecule has 1 unspecified atom stereocenters. The number of benzene rings is 2. The number of carbonyl (C=O) groups is 1. The highest BCUT2D eigenvalue weighted by molar-refractivity contribution is 9.10. The quantitative estimate of drug-likeness (QED) is 0.772. The van der Waals surface area contributed by atoms with E-state index >= 15 is 0 Å². The molecule has 0 fully saturated rings. The van der Waals surface area contributed by atoms with Crippen LogP contribution in [-0.4, -0.2) is 25.7 Å². The van der Waals surface area contributed by atoms with E-state index in [1.54, 1.807) is 12.2 Å². The van der Waals surface area contributed by atoms with Crippen molar-refractivity contribution >= 4 is 27.9 Å². The Morgan fingerprint density at radius 2 is 1.77 bits per heavy atom. The molecule has 2 aromatic carbocycles. The number of rotatable bonds is 3. The first-order chi connectivity index (χ1) is 12.7. The molecule has 4 rings (SSSR count). The first-order valence-corrected chi connectivity index (χ1v) is 9.29. The maximum atomic E-state index is 12.4. The molecule has 6 heteroatoms. The fourth-order valence-corrected chi connectivity index (χ4v) is 3.45. The molecule has 0 saturated heterocycles. The van der Waals surface area contributed by atoms with Gasteiger partial charge in [0, 0.05) is 22.5 Å². The minimum Gasteiger partial charge on any atom is -0.493 e. The monoisotopic (exact) mass is 415 g/mol. The lowest BCUT2D eigenvalue weighted by molar-refractivity contribution is -0.117. The Hall–Kier alpha value is -2.47. The van der Waals surface area contributed by atoms with Gasteiger partial charge in [-0.3, -0.25) is 4.79 Å². The lowest BCUT2D eigenvalue weighted by Gasteiger charge is -2.26. The largest absolute Gasteiger partial charge is 0.493 e. The fourth-order valence-electron chi connectivity index (χ4n) is 3.07. The van der Waals surface area contributed by atoms with Crippen LogP contribution in [-0.2, 0) is 4.79 Å². The predicted octanol–water partition coefficient (Wildman–Crippen LogP) is 3.87. The molecule has 134 valence electrons. The number of ether oxygens (including phenoxy) is 3. The lowest BCUT2D eigenvalue weighted by Crippen LogP contribution is -2.31. The van der Waals surface area contributed by atoms with Crippen LogP contribution in [0.1, 0.15) is 23.6 Å². The van der Waals surface area contributed by atoms with Gasteiger partial charge in [0.15, 0.2) is 11.5 Å². The summed E-state index contributed by atoms with van der Waals surface area (Å²) in [4.78, 5) is 12.4. The van der Waals surface area contributed by atoms with Gasteiger partial charge in [0.2, 0.25) is 5.91 Å². The van der Waals surface area contributed by atoms with Crippen molar-refractivity contribution in [2.24, 2.45) is 0 Å². The summed E-state index contributed by atoms with van der Waals surface area (Å²) in [5, 5.41) is 3.05. The van der Waals surface area contributed by atoms with Crippen molar-refractivity contribution in [3.63, 3.8) is 0 Å². The number of hydrogen-bond acceptors (Lipinski definition) is 4. The Bertz CT molecular complexity index is 865. The first kappa shape index (κ1) is 17.0. The molecule has 26 heavy (non-hydrogen) atoms. The molecule has 0 aromatic heterocycles. The second-order valence-corrected chi connectivity index (χ2v) is 7.03. The summed E-state index contributed by atoms with van der Waals surface area (Å²) in [5.74, 6) is 2.13. The topological polar surface area (TPSA) is 56.8 Å². The van der Waals surface area contributed by atoms with Crippen LogP contribution in [0, 0.1) is 0 Å². The normalized spacial score (nSPS) is 18.1. The summed E-state index contributed by atoms with van der Waals surface area (Å²) in [6.07, 6.45) is 4.06. The smallest absolute Gasteiger partial charge is 0.244 e. The van der Waals surface area contributed by atoms with Crippen LogP contribution in [0.15, 0.2) is 46.9 Å². The molecule has 0 aliphatic carbocycles. The summed E-state index contributed by atoms with van der Waals surface area (Å²) < 4.78 is 17.7. The van der Waals surface area contributed by atoms with Crippen LogP contribution >= 0.6 is 15.9 Å². The Morgan fingerprint density at radius 1 is 1.00 bits per heavy atom. The van der Waals surface area contributed by atoms with Gasteiger partial charge in [0.1, 0.15) is 19.0 Å². The van der Waals surface area contributed by atoms with Gasteiger partial charge in [-0.05, 0) is 42.0 Å². The number of halogens is 1. The van der Waals surface area contributed by atoms with Crippen LogP contribution in [0.2, 0.25) is 0 Å². The van der Waals surface area contributed by atoms with E-state index in [9.17, 15) is 4.79 Å². The van der Waals surface area contributed by atoms with Gasteiger partial charge >= 0.3 is 0 Å². The zero-order chi connectivity index (χ0) is 17.9. The molecule has 2 heterocycles. The van der Waals surface area contributed by atoms with Crippen molar-refractivity contribution in [2.75, 3.05) is 19.8 Å². The maximum Gasteiger partial charge on any atom is 0.244 e. The number of fused-ring (bicyclic) bond motifs is 2. The van der Waals surface area contributed by atoms with Crippen LogP contribution in [0.4, 0.5) is 0 Å². The molecule has 0 radical (unpaired) electrons. The van der Waals surface area contributed by atoms with Crippen LogP contribution < -0.4 is 19.5 Å². The van der Waals surface area contributed by atoms with E-state index < -0.39 is 0 Å². The SMILES string of the molecule is O=C(/C=C/c1ccc2c(c1)OCCO2)NC1CCOc2ccc(Br)cc21. The highest BCUT2D eigenvalue weighted by Gasteiger charge is 2.22. The third-order valence-electron chi connectivity index (χ3n) is 4.32. The van der Waals surface area contributed by atoms with Crippen molar-refractivity contribution in [3.8, 4) is 17.2 Å². The van der Waals surface area contributed by atoms with E-state index in [0.717, 1.165) is 33.5 Å². The average molecular weight is 416 g/mol. The van der Waals surface area contributed by atoms with Gasteiger partial charge < -0.3 is 19.5 Å². The Kier molecular flexibility index (Phi) is 4.84. The van der Waals surface area contributed by atoms with Gasteiger partial charge in [0.25, 0.3) is 0 Å². The minimum absolute atomic E-state index is 0.0614. The Labute approximate surface area is 160 Å². The predicted molar refractivity (Wildman–Crippen MR) is 102 cm³/mol. The van der Waals surface area contributed by atoms with Crippen molar-refractivity contribution in [1.29, 1.82) is 0 Å². The molecule has 2 aliphatic heterocycles. The number of hydrogen-bond donors (Lipinski definition) is 1. The molecule has 2 aromatic rings. The number of amides is 1. The Balaban J connectivity index is 1.45. The van der Waals surface area contributed by atoms with Crippen molar-refractivity contribution < 1.29 is 19.0 Å². The van der Waals surface area contributed by atoms with Crippen LogP contribution in [0.5, 0.6) is 17.2 Å². The van der Waals surface area contributed by atoms with E-state index in [1.807, 2.05) is 36.4 Å². The van der Waals surface area contributed by atoms with Gasteiger partial charge in [-0.25, -0.2) is 0 Å². The number of nitrogens with one attached hydrogen (secondary N) is 1. The summed E-state index contributed by atoms with van der Waals surface area (Å²) >= 11 is 3.47. The minimum atomic E-state index is -0.141. The zero-order valence-corrected chi connectivity index (χ0v) is 15.6. The van der Waals surface area contributed by atoms with Gasteiger partial charge in [-0.1, -0.05) is 22.0 Å². The van der Waals surface area contributed by atoms with Gasteiger partial charge in [-0.15, -0.1) is 0 Å². The summed E-state index contributed by atoms with van der Waals surface area (Å²) in [5.41, 5.74) is 1.88. The third kappa shape index (κ3) is 3.70. The average Bonchev–Trinajstić information content (AvgIpc) is 2.67. The highest BCUT2D eigenvalue weighted by Crippen LogP contribution is 2.34. The molecule has 0 spiro atoms. The van der Waals surface area contributed by atoms with Crippen molar-refractivity contribution in [1.82, 2.24) is 5.32 Å². The molecule has 2 aliphatic rings. The first-order valence-electron chi connectivity index (χ1n) is 8.49. The highest BCUT2D eigenvalue weighted by atomic mass is 79.9. The van der Waals surface area contributed by atoms with Crippen molar-refractivity contribution in [3.05, 3.63) is 58.1 Å². The third-order valence-corrected chi connectivity index (χ3v) is 4.81. The van der Waals surface area contributed by atoms with E-state index in [4.69, 9.17) is 14.2 Å². The van der Waals surface area contributed by atoms with E-state index in [-0.39, 0.29) is 11.9 Å². The molecule has 1 atom stereocenters. The molecular formula is C20H18BrNO4. The van der Waals surface area contributed by atoms with Gasteiger partial charge in [-0.2, -0.15) is 0 Å². The molecule has 0 bridgehead atoms. The van der Waals surface area contributed by atoms with E-state index in [2.05, 4.69) is 21.2 Å². The fraction of sp³-hybridized carbons (Fsp3) is 0.250. The van der Waals surface area contributed by atoms with Crippen LogP contribution in [0.25, 0.3) is 6.08 Å². The van der Waals surface area contributed by atoms with E-state index in [1.165, 1.54) is 0 Å². The standard InChI is InChI=1S/C20H18BrNO4/c21-14-3-5-17-15(12-14)16(7-8-24-17)22-20(23)6-2-13-1-4-18-19(11-13)26-10-9-25-18/h1-6,11-12,16H,7-10H2,(H,22,23)/b6-2+. The van der Waals surface area contributed by atoms with Gasteiger partial charge in [0.05, 0.1) is 12.6 Å². The molecule has 0 saturated carbocycles.